The summed E-state index contributed by atoms with van der Waals surface area (Å²) in [5, 5.41) is 8.52. The van der Waals surface area contributed by atoms with Crippen LogP contribution in [0.15, 0.2) is 0 Å². The van der Waals surface area contributed by atoms with Crippen LogP contribution in [0.3, 0.4) is 0 Å². The normalized spacial score (nSPS) is 12.9. The maximum Gasteiger partial charge on any atom is 0.325 e. The number of aliphatic hydroxyl groups is 1. The van der Waals surface area contributed by atoms with E-state index in [1.165, 1.54) is 0 Å². The molecule has 0 unspecified atom stereocenters. The highest BCUT2D eigenvalue weighted by Gasteiger charge is 2.17. The second-order valence-electron chi connectivity index (χ2n) is 3.74. The number of hydrogen-bond donors (Lipinski definition) is 2. The summed E-state index contributed by atoms with van der Waals surface area (Å²) >= 11 is 0. The lowest BCUT2D eigenvalue weighted by molar-refractivity contribution is -0.902. The van der Waals surface area contributed by atoms with Crippen LogP contribution in [0, 0.1) is 0 Å². The van der Waals surface area contributed by atoms with E-state index in [4.69, 9.17) is 15.6 Å². The Balaban J connectivity index is 0. The van der Waals surface area contributed by atoms with Crippen molar-refractivity contribution in [3.8, 4) is 0 Å². The molecule has 0 heterocycles. The fourth-order valence-electron chi connectivity index (χ4n) is 0.635. The average Bonchev–Trinajstić information content (AvgIpc) is 2.16. The predicted octanol–water partition coefficient (Wildman–Crippen LogP) is -4.14. The SMILES string of the molecule is C[N+](C)(CF)CCOC(=O)[C@@H](N)CO.[Br-]. The zero-order chi connectivity index (χ0) is 11.2. The lowest BCUT2D eigenvalue weighted by Gasteiger charge is -2.25. The van der Waals surface area contributed by atoms with E-state index >= 15 is 0 Å². The topological polar surface area (TPSA) is 72.5 Å². The van der Waals surface area contributed by atoms with Gasteiger partial charge in [-0.1, -0.05) is 0 Å². The summed E-state index contributed by atoms with van der Waals surface area (Å²) in [7, 11) is 3.36. The van der Waals surface area contributed by atoms with Crippen molar-refractivity contribution in [3.05, 3.63) is 0 Å². The standard InChI is InChI=1S/C8H18FN2O3.BrH/c1-11(2,6-9)3-4-14-8(13)7(10)5-12;/h7,12H,3-6,10H2,1-2H3;1H/q+1;/p-1/t7-;/m0./s1. The molecule has 0 saturated heterocycles. The predicted molar refractivity (Wildman–Crippen MR) is 49.0 cm³/mol. The molecule has 3 N–H and O–H groups in total. The second kappa shape index (κ2) is 7.98. The molecular formula is C8H18BrFN2O3. The van der Waals surface area contributed by atoms with Gasteiger partial charge in [0.1, 0.15) is 19.2 Å². The maximum absolute atomic E-state index is 12.3. The Bertz CT molecular complexity index is 193. The summed E-state index contributed by atoms with van der Waals surface area (Å²) in [6.07, 6.45) is 0. The first-order valence-electron chi connectivity index (χ1n) is 4.34. The van der Waals surface area contributed by atoms with E-state index in [0.717, 1.165) is 0 Å². The van der Waals surface area contributed by atoms with Gasteiger partial charge in [-0.2, -0.15) is 4.39 Å². The highest BCUT2D eigenvalue weighted by molar-refractivity contribution is 5.75. The molecule has 0 aromatic heterocycles. The zero-order valence-electron chi connectivity index (χ0n) is 8.95. The van der Waals surface area contributed by atoms with Crippen LogP contribution in [-0.4, -0.2) is 62.3 Å². The number of quaternary nitrogens is 1. The molecular weight excluding hydrogens is 271 g/mol. The number of likely N-dealkylation sites (N-methyl/N-ethyl adjacent to an activating group) is 1. The van der Waals surface area contributed by atoms with Gasteiger partial charge in [-0.3, -0.25) is 9.28 Å². The van der Waals surface area contributed by atoms with Gasteiger partial charge in [0, 0.05) is 0 Å². The summed E-state index contributed by atoms with van der Waals surface area (Å²) in [5.41, 5.74) is 5.20. The zero-order valence-corrected chi connectivity index (χ0v) is 10.5. The molecule has 5 nitrogen and oxygen atoms in total. The Hall–Kier alpha value is -0.240. The number of carbonyl (C=O) groups excluding carboxylic acids is 1. The van der Waals surface area contributed by atoms with Crippen molar-refractivity contribution in [1.82, 2.24) is 0 Å². The summed E-state index contributed by atoms with van der Waals surface area (Å²) < 4.78 is 17.1. The molecule has 0 aliphatic rings. The van der Waals surface area contributed by atoms with Gasteiger partial charge < -0.3 is 32.6 Å². The van der Waals surface area contributed by atoms with Crippen molar-refractivity contribution < 1.29 is 40.5 Å². The van der Waals surface area contributed by atoms with E-state index in [0.29, 0.717) is 6.54 Å². The molecule has 0 radical (unpaired) electrons. The Morgan fingerprint density at radius 1 is 1.60 bits per heavy atom. The highest BCUT2D eigenvalue weighted by Crippen LogP contribution is 1.97. The van der Waals surface area contributed by atoms with Gasteiger partial charge in [0.2, 0.25) is 6.80 Å². The average molecular weight is 289 g/mol. The van der Waals surface area contributed by atoms with Gasteiger partial charge in [-0.15, -0.1) is 0 Å². The van der Waals surface area contributed by atoms with E-state index < -0.39 is 25.4 Å². The molecule has 0 bridgehead atoms. The summed E-state index contributed by atoms with van der Waals surface area (Å²) in [6, 6.07) is -1.00. The molecule has 92 valence electrons. The molecule has 1 atom stereocenters. The van der Waals surface area contributed by atoms with Crippen LogP contribution in [0.25, 0.3) is 0 Å². The van der Waals surface area contributed by atoms with Crippen molar-refractivity contribution >= 4 is 5.97 Å². The number of nitrogens with zero attached hydrogens (tertiary/aromatic N) is 1. The van der Waals surface area contributed by atoms with E-state index in [1.807, 2.05) is 0 Å². The molecule has 15 heavy (non-hydrogen) atoms. The Morgan fingerprint density at radius 3 is 2.53 bits per heavy atom. The van der Waals surface area contributed by atoms with E-state index in [-0.39, 0.29) is 28.1 Å². The summed E-state index contributed by atoms with van der Waals surface area (Å²) in [6.45, 7) is -0.492. The van der Waals surface area contributed by atoms with Crippen LogP contribution in [-0.2, 0) is 9.53 Å². The van der Waals surface area contributed by atoms with Crippen molar-refractivity contribution in [2.75, 3.05) is 40.7 Å². The van der Waals surface area contributed by atoms with Crippen LogP contribution >= 0.6 is 0 Å². The highest BCUT2D eigenvalue weighted by atomic mass is 79.9. The number of halogens is 2. The first kappa shape index (κ1) is 17.2. The minimum absolute atomic E-state index is 0. The first-order valence-corrected chi connectivity index (χ1v) is 4.34. The number of nitrogens with two attached hydrogens (primary N) is 1. The molecule has 0 fully saturated rings. The monoisotopic (exact) mass is 288 g/mol. The lowest BCUT2D eigenvalue weighted by Crippen LogP contribution is -3.00. The van der Waals surface area contributed by atoms with E-state index in [1.54, 1.807) is 14.1 Å². The Morgan fingerprint density at radius 2 is 2.13 bits per heavy atom. The Kier molecular flexibility index (Phi) is 9.13. The van der Waals surface area contributed by atoms with Crippen molar-refractivity contribution in [2.45, 2.75) is 6.04 Å². The number of aliphatic hydroxyl groups excluding tert-OH is 1. The Labute approximate surface area is 99.4 Å². The molecule has 0 rings (SSSR count). The van der Waals surface area contributed by atoms with Crippen LogP contribution in [0.1, 0.15) is 0 Å². The van der Waals surface area contributed by atoms with Gasteiger partial charge in [0.25, 0.3) is 0 Å². The number of rotatable bonds is 6. The minimum Gasteiger partial charge on any atom is -1.00 e. The lowest BCUT2D eigenvalue weighted by atomic mass is 10.3. The van der Waals surface area contributed by atoms with E-state index in [2.05, 4.69) is 0 Å². The van der Waals surface area contributed by atoms with Gasteiger partial charge in [0.05, 0.1) is 20.7 Å². The number of carbonyl (C=O) groups is 1. The van der Waals surface area contributed by atoms with Crippen LogP contribution < -0.4 is 22.7 Å². The third-order valence-corrected chi connectivity index (χ3v) is 1.76. The van der Waals surface area contributed by atoms with Crippen LogP contribution in [0.4, 0.5) is 4.39 Å². The van der Waals surface area contributed by atoms with Gasteiger partial charge in [-0.25, -0.2) is 0 Å². The smallest absolute Gasteiger partial charge is 0.325 e. The fourth-order valence-corrected chi connectivity index (χ4v) is 0.635. The third-order valence-electron chi connectivity index (χ3n) is 1.76. The van der Waals surface area contributed by atoms with Gasteiger partial charge >= 0.3 is 5.97 Å². The van der Waals surface area contributed by atoms with Crippen molar-refractivity contribution in [1.29, 1.82) is 0 Å². The number of hydrogen-bond acceptors (Lipinski definition) is 4. The molecule has 0 aliphatic carbocycles. The number of alkyl halides is 1. The molecule has 0 aromatic carbocycles. The van der Waals surface area contributed by atoms with E-state index in [9.17, 15) is 9.18 Å². The molecule has 0 spiro atoms. The first-order chi connectivity index (χ1) is 6.43. The van der Waals surface area contributed by atoms with Crippen molar-refractivity contribution in [2.24, 2.45) is 5.73 Å². The largest absolute Gasteiger partial charge is 1.00 e. The molecule has 0 aromatic rings. The molecule has 0 amide bonds. The third kappa shape index (κ3) is 7.66. The summed E-state index contributed by atoms with van der Waals surface area (Å²) in [5.74, 6) is -0.661. The van der Waals surface area contributed by atoms with Gasteiger partial charge in [-0.05, 0) is 0 Å². The molecule has 0 aliphatic heterocycles. The number of ether oxygens (including phenoxy) is 1. The second-order valence-corrected chi connectivity index (χ2v) is 3.74. The molecule has 0 saturated carbocycles. The van der Waals surface area contributed by atoms with Crippen LogP contribution in [0.2, 0.25) is 0 Å². The van der Waals surface area contributed by atoms with Crippen molar-refractivity contribution in [3.63, 3.8) is 0 Å². The van der Waals surface area contributed by atoms with Gasteiger partial charge in [0.15, 0.2) is 0 Å². The quantitative estimate of drug-likeness (QED) is 0.296. The minimum atomic E-state index is -1.00. The van der Waals surface area contributed by atoms with Crippen LogP contribution in [0.5, 0.6) is 0 Å². The number of esters is 1. The fraction of sp³-hybridized carbons (Fsp3) is 0.875. The maximum atomic E-state index is 12.3. The molecule has 7 heteroatoms. The summed E-state index contributed by atoms with van der Waals surface area (Å²) in [4.78, 5) is 10.9.